The average Bonchev–Trinajstić information content (AvgIpc) is 2.47. The lowest BCUT2D eigenvalue weighted by molar-refractivity contribution is 0.0146. The summed E-state index contributed by atoms with van der Waals surface area (Å²) in [5.74, 6) is -1.63. The SMILES string of the molecule is CC(C)(C)OC(=O)N1CCN(CCc2ccc(F)c(F)c2)CC1. The summed E-state index contributed by atoms with van der Waals surface area (Å²) in [4.78, 5) is 15.9. The first-order valence-corrected chi connectivity index (χ1v) is 7.89. The third-order valence-corrected chi connectivity index (χ3v) is 3.72. The summed E-state index contributed by atoms with van der Waals surface area (Å²) >= 11 is 0. The molecular formula is C17H24F2N2O2. The van der Waals surface area contributed by atoms with Crippen LogP contribution in [0.15, 0.2) is 18.2 Å². The van der Waals surface area contributed by atoms with Gasteiger partial charge in [0.15, 0.2) is 11.6 Å². The average molecular weight is 326 g/mol. The van der Waals surface area contributed by atoms with Crippen molar-refractivity contribution in [2.45, 2.75) is 32.8 Å². The van der Waals surface area contributed by atoms with Crippen molar-refractivity contribution in [1.82, 2.24) is 9.80 Å². The number of carbonyl (C=O) groups is 1. The fourth-order valence-corrected chi connectivity index (χ4v) is 2.46. The van der Waals surface area contributed by atoms with Crippen molar-refractivity contribution in [3.8, 4) is 0 Å². The van der Waals surface area contributed by atoms with E-state index in [-0.39, 0.29) is 6.09 Å². The molecule has 1 fully saturated rings. The molecule has 6 heteroatoms. The van der Waals surface area contributed by atoms with Crippen LogP contribution in [0.4, 0.5) is 13.6 Å². The molecule has 1 aromatic carbocycles. The van der Waals surface area contributed by atoms with Crippen molar-refractivity contribution in [2.24, 2.45) is 0 Å². The monoisotopic (exact) mass is 326 g/mol. The number of piperazine rings is 1. The first-order valence-electron chi connectivity index (χ1n) is 7.89. The van der Waals surface area contributed by atoms with Crippen LogP contribution >= 0.6 is 0 Å². The second-order valence-corrected chi connectivity index (χ2v) is 6.81. The van der Waals surface area contributed by atoms with E-state index >= 15 is 0 Å². The van der Waals surface area contributed by atoms with E-state index in [4.69, 9.17) is 4.74 Å². The Morgan fingerprint density at radius 2 is 1.78 bits per heavy atom. The van der Waals surface area contributed by atoms with Crippen molar-refractivity contribution in [1.29, 1.82) is 0 Å². The maximum atomic E-state index is 13.2. The topological polar surface area (TPSA) is 32.8 Å². The number of nitrogens with zero attached hydrogens (tertiary/aromatic N) is 2. The normalized spacial score (nSPS) is 16.5. The van der Waals surface area contributed by atoms with Crippen LogP contribution in [0.25, 0.3) is 0 Å². The van der Waals surface area contributed by atoms with Gasteiger partial charge in [-0.3, -0.25) is 4.90 Å². The van der Waals surface area contributed by atoms with Crippen LogP contribution in [-0.2, 0) is 11.2 Å². The summed E-state index contributed by atoms with van der Waals surface area (Å²) in [6.45, 7) is 9.05. The predicted octanol–water partition coefficient (Wildman–Crippen LogP) is 3.06. The lowest BCUT2D eigenvalue weighted by Gasteiger charge is -2.35. The van der Waals surface area contributed by atoms with Gasteiger partial charge < -0.3 is 9.64 Å². The molecule has 2 rings (SSSR count). The van der Waals surface area contributed by atoms with E-state index in [2.05, 4.69) is 4.90 Å². The highest BCUT2D eigenvalue weighted by molar-refractivity contribution is 5.68. The Morgan fingerprint density at radius 1 is 1.13 bits per heavy atom. The van der Waals surface area contributed by atoms with E-state index in [1.165, 1.54) is 6.07 Å². The van der Waals surface area contributed by atoms with Gasteiger partial charge in [-0.05, 0) is 44.9 Å². The number of halogens is 2. The Hall–Kier alpha value is -1.69. The van der Waals surface area contributed by atoms with Crippen LogP contribution in [0.5, 0.6) is 0 Å². The second kappa shape index (κ2) is 7.25. The van der Waals surface area contributed by atoms with Gasteiger partial charge in [0.1, 0.15) is 5.60 Å². The van der Waals surface area contributed by atoms with Crippen molar-refractivity contribution in [3.63, 3.8) is 0 Å². The Morgan fingerprint density at radius 3 is 2.35 bits per heavy atom. The lowest BCUT2D eigenvalue weighted by Crippen LogP contribution is -2.50. The molecule has 0 radical (unpaired) electrons. The molecule has 0 spiro atoms. The first-order chi connectivity index (χ1) is 10.7. The molecule has 0 atom stereocenters. The minimum Gasteiger partial charge on any atom is -0.444 e. The Labute approximate surface area is 136 Å². The fraction of sp³-hybridized carbons (Fsp3) is 0.588. The Kier molecular flexibility index (Phi) is 5.57. The van der Waals surface area contributed by atoms with Gasteiger partial charge in [-0.2, -0.15) is 0 Å². The number of carbonyl (C=O) groups excluding carboxylic acids is 1. The third kappa shape index (κ3) is 5.46. The number of hydrogen-bond donors (Lipinski definition) is 0. The zero-order valence-electron chi connectivity index (χ0n) is 13.9. The van der Waals surface area contributed by atoms with Gasteiger partial charge in [-0.1, -0.05) is 6.07 Å². The minimum atomic E-state index is -0.820. The Balaban J connectivity index is 1.76. The summed E-state index contributed by atoms with van der Waals surface area (Å²) in [5.41, 5.74) is 0.291. The summed E-state index contributed by atoms with van der Waals surface area (Å²) in [7, 11) is 0. The summed E-state index contributed by atoms with van der Waals surface area (Å²) in [5, 5.41) is 0. The molecule has 4 nitrogen and oxygen atoms in total. The largest absolute Gasteiger partial charge is 0.444 e. The van der Waals surface area contributed by atoms with Gasteiger partial charge in [0, 0.05) is 32.7 Å². The van der Waals surface area contributed by atoms with Crippen LogP contribution < -0.4 is 0 Å². The van der Waals surface area contributed by atoms with Gasteiger partial charge in [-0.15, -0.1) is 0 Å². The summed E-state index contributed by atoms with van der Waals surface area (Å²) < 4.78 is 31.4. The van der Waals surface area contributed by atoms with Gasteiger partial charge in [0.2, 0.25) is 0 Å². The van der Waals surface area contributed by atoms with Crippen molar-refractivity contribution in [3.05, 3.63) is 35.4 Å². The van der Waals surface area contributed by atoms with Crippen LogP contribution in [0, 0.1) is 11.6 Å². The third-order valence-electron chi connectivity index (χ3n) is 3.72. The summed E-state index contributed by atoms with van der Waals surface area (Å²) in [6.07, 6.45) is 0.377. The smallest absolute Gasteiger partial charge is 0.410 e. The van der Waals surface area contributed by atoms with Crippen LogP contribution in [0.2, 0.25) is 0 Å². The second-order valence-electron chi connectivity index (χ2n) is 6.81. The van der Waals surface area contributed by atoms with Crippen LogP contribution in [0.3, 0.4) is 0 Å². The number of amides is 1. The molecule has 0 bridgehead atoms. The molecule has 1 amide bonds. The molecule has 0 aliphatic carbocycles. The van der Waals surface area contributed by atoms with E-state index in [1.54, 1.807) is 11.0 Å². The zero-order chi connectivity index (χ0) is 17.0. The van der Waals surface area contributed by atoms with Crippen molar-refractivity contribution in [2.75, 3.05) is 32.7 Å². The van der Waals surface area contributed by atoms with Crippen molar-refractivity contribution >= 4 is 6.09 Å². The van der Waals surface area contributed by atoms with Crippen molar-refractivity contribution < 1.29 is 18.3 Å². The van der Waals surface area contributed by atoms with Gasteiger partial charge in [0.05, 0.1) is 0 Å². The number of hydrogen-bond acceptors (Lipinski definition) is 3. The van der Waals surface area contributed by atoms with Gasteiger partial charge in [0.25, 0.3) is 0 Å². The molecule has 1 saturated heterocycles. The Bertz CT molecular complexity index is 550. The van der Waals surface area contributed by atoms with E-state index in [0.717, 1.165) is 31.3 Å². The fourth-order valence-electron chi connectivity index (χ4n) is 2.46. The predicted molar refractivity (Wildman–Crippen MR) is 84.3 cm³/mol. The molecule has 128 valence electrons. The first kappa shape index (κ1) is 17.7. The minimum absolute atomic E-state index is 0.280. The molecule has 1 heterocycles. The van der Waals surface area contributed by atoms with Gasteiger partial charge >= 0.3 is 6.09 Å². The zero-order valence-corrected chi connectivity index (χ0v) is 13.9. The van der Waals surface area contributed by atoms with E-state index < -0.39 is 17.2 Å². The summed E-state index contributed by atoms with van der Waals surface area (Å²) in [6, 6.07) is 4.01. The molecule has 1 aromatic rings. The highest BCUT2D eigenvalue weighted by atomic mass is 19.2. The number of ether oxygens (including phenoxy) is 1. The highest BCUT2D eigenvalue weighted by Crippen LogP contribution is 2.13. The van der Waals surface area contributed by atoms with E-state index in [1.807, 2.05) is 20.8 Å². The highest BCUT2D eigenvalue weighted by Gasteiger charge is 2.25. The van der Waals surface area contributed by atoms with Gasteiger partial charge in [-0.25, -0.2) is 13.6 Å². The molecular weight excluding hydrogens is 302 g/mol. The number of rotatable bonds is 3. The van der Waals surface area contributed by atoms with E-state index in [9.17, 15) is 13.6 Å². The molecule has 0 N–H and O–H groups in total. The quantitative estimate of drug-likeness (QED) is 0.856. The lowest BCUT2D eigenvalue weighted by atomic mass is 10.1. The molecule has 0 saturated carbocycles. The van der Waals surface area contributed by atoms with Crippen LogP contribution in [-0.4, -0.2) is 54.2 Å². The maximum absolute atomic E-state index is 13.2. The van der Waals surface area contributed by atoms with Crippen LogP contribution in [0.1, 0.15) is 26.3 Å². The molecule has 0 unspecified atom stereocenters. The molecule has 1 aliphatic rings. The maximum Gasteiger partial charge on any atom is 0.410 e. The number of benzene rings is 1. The molecule has 23 heavy (non-hydrogen) atoms. The molecule has 0 aromatic heterocycles. The standard InChI is InChI=1S/C17H24F2N2O2/c1-17(2,3)23-16(22)21-10-8-20(9-11-21)7-6-13-4-5-14(18)15(19)12-13/h4-5,12H,6-11H2,1-3H3. The van der Waals surface area contributed by atoms with E-state index in [0.29, 0.717) is 19.5 Å². The molecule has 1 aliphatic heterocycles.